The molecular formula is C20H18N4O6. The van der Waals surface area contributed by atoms with Gasteiger partial charge >= 0.3 is 5.97 Å². The van der Waals surface area contributed by atoms with E-state index in [9.17, 15) is 9.59 Å². The summed E-state index contributed by atoms with van der Waals surface area (Å²) in [6, 6.07) is 7.20. The fourth-order valence-electron chi connectivity index (χ4n) is 3.04. The van der Waals surface area contributed by atoms with Crippen LogP contribution in [0, 0.1) is 6.92 Å². The minimum atomic E-state index is -0.636. The lowest BCUT2D eigenvalue weighted by Crippen LogP contribution is -2.22. The number of esters is 1. The van der Waals surface area contributed by atoms with Crippen LogP contribution >= 0.6 is 0 Å². The number of fused-ring (bicyclic) bond motifs is 1. The monoisotopic (exact) mass is 410 g/mol. The average molecular weight is 410 g/mol. The summed E-state index contributed by atoms with van der Waals surface area (Å²) in [4.78, 5) is 33.7. The van der Waals surface area contributed by atoms with E-state index in [4.69, 9.17) is 18.4 Å². The van der Waals surface area contributed by atoms with Crippen molar-refractivity contribution in [3.8, 4) is 17.1 Å². The van der Waals surface area contributed by atoms with E-state index in [1.165, 1.54) is 10.9 Å². The zero-order valence-corrected chi connectivity index (χ0v) is 16.5. The number of carbonyl (C=O) groups is 1. The smallest absolute Gasteiger partial charge is 0.342 e. The van der Waals surface area contributed by atoms with Crippen LogP contribution in [0.1, 0.15) is 28.9 Å². The predicted molar refractivity (Wildman–Crippen MR) is 104 cm³/mol. The van der Waals surface area contributed by atoms with Crippen molar-refractivity contribution in [2.75, 3.05) is 13.7 Å². The highest BCUT2D eigenvalue weighted by molar-refractivity contribution is 6.03. The van der Waals surface area contributed by atoms with Crippen LogP contribution in [0.4, 0.5) is 0 Å². The lowest BCUT2D eigenvalue weighted by Gasteiger charge is -2.02. The van der Waals surface area contributed by atoms with Gasteiger partial charge in [0, 0.05) is 5.56 Å². The topological polar surface area (TPSA) is 122 Å². The molecule has 0 aliphatic carbocycles. The summed E-state index contributed by atoms with van der Waals surface area (Å²) in [5.74, 6) is 0.852. The van der Waals surface area contributed by atoms with Crippen molar-refractivity contribution in [2.45, 2.75) is 20.4 Å². The average Bonchev–Trinajstić information content (AvgIpc) is 3.34. The number of hydrogen-bond acceptors (Lipinski definition) is 9. The third-order valence-corrected chi connectivity index (χ3v) is 4.44. The minimum Gasteiger partial charge on any atom is -0.497 e. The number of nitrogens with zero attached hydrogens (tertiary/aromatic N) is 4. The summed E-state index contributed by atoms with van der Waals surface area (Å²) in [5.41, 5.74) is 0.377. The number of furan rings is 1. The zero-order chi connectivity index (χ0) is 21.3. The number of aromatic nitrogens is 4. The number of hydrogen-bond donors (Lipinski definition) is 0. The first kappa shape index (κ1) is 19.4. The van der Waals surface area contributed by atoms with E-state index in [-0.39, 0.29) is 41.5 Å². The van der Waals surface area contributed by atoms with E-state index in [0.717, 1.165) is 0 Å². The molecule has 0 aliphatic heterocycles. The summed E-state index contributed by atoms with van der Waals surface area (Å²) in [6.07, 6.45) is 1.30. The maximum atomic E-state index is 13.0. The van der Waals surface area contributed by atoms with Crippen LogP contribution < -0.4 is 10.3 Å². The van der Waals surface area contributed by atoms with Gasteiger partial charge in [-0.2, -0.15) is 4.98 Å². The Bertz CT molecular complexity index is 1290. The highest BCUT2D eigenvalue weighted by Crippen LogP contribution is 2.23. The van der Waals surface area contributed by atoms with E-state index in [1.807, 2.05) is 12.1 Å². The zero-order valence-electron chi connectivity index (χ0n) is 16.5. The largest absolute Gasteiger partial charge is 0.497 e. The number of carbonyl (C=O) groups excluding carboxylic acids is 1. The van der Waals surface area contributed by atoms with E-state index in [2.05, 4.69) is 15.1 Å². The van der Waals surface area contributed by atoms with Crippen molar-refractivity contribution in [3.05, 3.63) is 58.2 Å². The first-order valence-electron chi connectivity index (χ1n) is 9.14. The maximum Gasteiger partial charge on any atom is 0.342 e. The molecule has 0 spiro atoms. The molecule has 0 radical (unpaired) electrons. The molecule has 3 aromatic heterocycles. The summed E-state index contributed by atoms with van der Waals surface area (Å²) in [6.45, 7) is 3.41. The molecule has 0 bridgehead atoms. The molecule has 0 unspecified atom stereocenters. The summed E-state index contributed by atoms with van der Waals surface area (Å²) < 4.78 is 22.2. The molecular weight excluding hydrogens is 392 g/mol. The molecule has 4 aromatic rings. The van der Waals surface area contributed by atoms with Gasteiger partial charge in [-0.05, 0) is 26.0 Å². The molecule has 4 rings (SSSR count). The second-order valence-corrected chi connectivity index (χ2v) is 6.36. The van der Waals surface area contributed by atoms with Gasteiger partial charge in [-0.15, -0.1) is 0 Å². The van der Waals surface area contributed by atoms with Crippen LogP contribution in [-0.2, 0) is 11.3 Å². The highest BCUT2D eigenvalue weighted by atomic mass is 16.5. The van der Waals surface area contributed by atoms with Gasteiger partial charge in [-0.1, -0.05) is 17.3 Å². The van der Waals surface area contributed by atoms with E-state index >= 15 is 0 Å². The Labute approximate surface area is 170 Å². The van der Waals surface area contributed by atoms with Crippen LogP contribution in [0.2, 0.25) is 0 Å². The van der Waals surface area contributed by atoms with Gasteiger partial charge in [-0.25, -0.2) is 9.78 Å². The molecule has 0 N–H and O–H groups in total. The Balaban J connectivity index is 1.69. The van der Waals surface area contributed by atoms with E-state index in [1.54, 1.807) is 33.1 Å². The molecule has 0 atom stereocenters. The number of aryl methyl sites for hydroxylation is 1. The van der Waals surface area contributed by atoms with Crippen molar-refractivity contribution in [2.24, 2.45) is 0 Å². The Morgan fingerprint density at radius 3 is 2.90 bits per heavy atom. The standard InChI is InChI=1S/C20H18N4O6/c1-4-28-20(26)15-11(2)29-18-16(15)19(25)24(10-21-18)9-14-22-17(23-30-14)12-6-5-7-13(8-12)27-3/h5-8,10H,4,9H2,1-3H3. The SMILES string of the molecule is CCOC(=O)c1c(C)oc2ncn(Cc3nc(-c4cccc(OC)c4)no3)c(=O)c12. The van der Waals surface area contributed by atoms with Gasteiger partial charge in [0.05, 0.1) is 13.7 Å². The van der Waals surface area contributed by atoms with Gasteiger partial charge in [-0.3, -0.25) is 9.36 Å². The van der Waals surface area contributed by atoms with E-state index in [0.29, 0.717) is 17.1 Å². The third kappa shape index (κ3) is 3.43. The van der Waals surface area contributed by atoms with Crippen LogP contribution in [0.3, 0.4) is 0 Å². The van der Waals surface area contributed by atoms with Gasteiger partial charge in [0.2, 0.25) is 17.4 Å². The van der Waals surface area contributed by atoms with Crippen LogP contribution in [-0.4, -0.2) is 39.4 Å². The lowest BCUT2D eigenvalue weighted by molar-refractivity contribution is 0.0526. The van der Waals surface area contributed by atoms with Gasteiger partial charge < -0.3 is 18.4 Å². The second kappa shape index (κ2) is 7.82. The van der Waals surface area contributed by atoms with E-state index < -0.39 is 11.5 Å². The maximum absolute atomic E-state index is 13.0. The molecule has 30 heavy (non-hydrogen) atoms. The first-order chi connectivity index (χ1) is 14.5. The Morgan fingerprint density at radius 1 is 1.30 bits per heavy atom. The summed E-state index contributed by atoms with van der Waals surface area (Å²) in [7, 11) is 1.57. The molecule has 10 heteroatoms. The van der Waals surface area contributed by atoms with Crippen LogP contribution in [0.15, 0.2) is 44.3 Å². The lowest BCUT2D eigenvalue weighted by atomic mass is 10.2. The molecule has 0 fully saturated rings. The molecule has 3 heterocycles. The Hall–Kier alpha value is -3.95. The molecule has 0 aliphatic rings. The van der Waals surface area contributed by atoms with Gasteiger partial charge in [0.15, 0.2) is 0 Å². The molecule has 0 saturated heterocycles. The van der Waals surface area contributed by atoms with Crippen molar-refractivity contribution < 1.29 is 23.2 Å². The van der Waals surface area contributed by atoms with Crippen molar-refractivity contribution in [1.82, 2.24) is 19.7 Å². The fraction of sp³-hybridized carbons (Fsp3) is 0.250. The second-order valence-electron chi connectivity index (χ2n) is 6.36. The number of methoxy groups -OCH3 is 1. The predicted octanol–water partition coefficient (Wildman–Crippen LogP) is 2.58. The number of rotatable bonds is 6. The summed E-state index contributed by atoms with van der Waals surface area (Å²) in [5, 5.41) is 4.01. The number of ether oxygens (including phenoxy) is 2. The highest BCUT2D eigenvalue weighted by Gasteiger charge is 2.24. The van der Waals surface area contributed by atoms with Gasteiger partial charge in [0.25, 0.3) is 5.56 Å². The molecule has 10 nitrogen and oxygen atoms in total. The van der Waals surface area contributed by atoms with Crippen LogP contribution in [0.25, 0.3) is 22.5 Å². The van der Waals surface area contributed by atoms with Crippen LogP contribution in [0.5, 0.6) is 5.75 Å². The van der Waals surface area contributed by atoms with Crippen molar-refractivity contribution in [3.63, 3.8) is 0 Å². The molecule has 0 saturated carbocycles. The molecule has 1 aromatic carbocycles. The molecule has 154 valence electrons. The Kier molecular flexibility index (Phi) is 5.05. The first-order valence-corrected chi connectivity index (χ1v) is 9.14. The summed E-state index contributed by atoms with van der Waals surface area (Å²) >= 11 is 0. The van der Waals surface area contributed by atoms with Crippen molar-refractivity contribution in [1.29, 1.82) is 0 Å². The van der Waals surface area contributed by atoms with Gasteiger partial charge in [0.1, 0.15) is 35.3 Å². The molecule has 0 amide bonds. The minimum absolute atomic E-state index is 0.0226. The normalized spacial score (nSPS) is 11.0. The Morgan fingerprint density at radius 2 is 2.13 bits per heavy atom. The van der Waals surface area contributed by atoms with Crippen molar-refractivity contribution >= 4 is 17.1 Å². The quantitative estimate of drug-likeness (QED) is 0.441. The fourth-order valence-corrected chi connectivity index (χ4v) is 3.04. The number of benzene rings is 1. The third-order valence-electron chi connectivity index (χ3n) is 4.44.